The van der Waals surface area contributed by atoms with Gasteiger partial charge in [0.25, 0.3) is 0 Å². The van der Waals surface area contributed by atoms with Crippen LogP contribution in [0.15, 0.2) is 78.0 Å². The largest absolute Gasteiger partial charge is 0.332 e. The first-order chi connectivity index (χ1) is 14.9. The van der Waals surface area contributed by atoms with E-state index in [0.717, 1.165) is 22.0 Å². The third kappa shape index (κ3) is 6.91. The number of Topliss-reactive ketones (excluding diaryl/α,β-unsaturated/α-hetero) is 1. The van der Waals surface area contributed by atoms with Crippen LogP contribution >= 0.6 is 24.0 Å². The Kier molecular flexibility index (Phi) is 7.75. The molecule has 0 bridgehead atoms. The Morgan fingerprint density at radius 2 is 1.55 bits per heavy atom. The molecule has 31 heavy (non-hydrogen) atoms. The molecule has 0 spiro atoms. The number of thiocarbonyl (C=S) groups is 1. The van der Waals surface area contributed by atoms with Crippen molar-refractivity contribution >= 4 is 57.8 Å². The summed E-state index contributed by atoms with van der Waals surface area (Å²) in [5, 5.41) is 9.27. The van der Waals surface area contributed by atoms with E-state index in [1.165, 1.54) is 18.7 Å². The van der Waals surface area contributed by atoms with Crippen molar-refractivity contribution in [2.45, 2.75) is 24.0 Å². The van der Waals surface area contributed by atoms with Crippen molar-refractivity contribution in [3.63, 3.8) is 0 Å². The van der Waals surface area contributed by atoms with Gasteiger partial charge in [-0.15, -0.1) is 11.8 Å². The molecule has 1 amide bonds. The number of rotatable bonds is 7. The molecule has 1 heterocycles. The van der Waals surface area contributed by atoms with E-state index in [1.54, 1.807) is 48.8 Å². The number of ketones is 1. The molecular formula is C23H22N4O2S2. The van der Waals surface area contributed by atoms with E-state index in [2.05, 4.69) is 20.9 Å². The van der Waals surface area contributed by atoms with E-state index in [1.807, 2.05) is 31.2 Å². The Morgan fingerprint density at radius 1 is 0.903 bits per heavy atom. The number of pyridine rings is 1. The standard InChI is InChI=1S/C23H22N4O2S2/c1-15(28)17-6-8-18(9-7-17)26-23(30)27-20-4-3-5-21(14-20)31-16(2)22(29)25-19-10-12-24-13-11-19/h3-14,16H,1-2H3,(H,24,25,29)(H2,26,27,30). The lowest BCUT2D eigenvalue weighted by molar-refractivity contribution is -0.115. The maximum Gasteiger partial charge on any atom is 0.237 e. The van der Waals surface area contributed by atoms with E-state index in [0.29, 0.717) is 10.7 Å². The van der Waals surface area contributed by atoms with E-state index in [4.69, 9.17) is 12.2 Å². The Balaban J connectivity index is 1.56. The minimum Gasteiger partial charge on any atom is -0.332 e. The maximum absolute atomic E-state index is 12.4. The summed E-state index contributed by atoms with van der Waals surface area (Å²) in [4.78, 5) is 28.7. The van der Waals surface area contributed by atoms with E-state index in [9.17, 15) is 9.59 Å². The van der Waals surface area contributed by atoms with Gasteiger partial charge < -0.3 is 16.0 Å². The van der Waals surface area contributed by atoms with Crippen LogP contribution < -0.4 is 16.0 Å². The average molecular weight is 451 g/mol. The number of nitrogens with one attached hydrogen (secondary N) is 3. The predicted octanol–water partition coefficient (Wildman–Crippen LogP) is 5.21. The smallest absolute Gasteiger partial charge is 0.237 e. The normalized spacial score (nSPS) is 11.3. The summed E-state index contributed by atoms with van der Waals surface area (Å²) in [6.07, 6.45) is 3.27. The van der Waals surface area contributed by atoms with Gasteiger partial charge in [0.2, 0.25) is 5.91 Å². The summed E-state index contributed by atoms with van der Waals surface area (Å²) in [5.41, 5.74) is 2.96. The van der Waals surface area contributed by atoms with Crippen LogP contribution in [0.5, 0.6) is 0 Å². The minimum atomic E-state index is -0.284. The van der Waals surface area contributed by atoms with E-state index < -0.39 is 0 Å². The van der Waals surface area contributed by atoms with Crippen molar-refractivity contribution in [2.75, 3.05) is 16.0 Å². The average Bonchev–Trinajstić information content (AvgIpc) is 2.75. The number of anilines is 3. The van der Waals surface area contributed by atoms with Crippen LogP contribution in [0.1, 0.15) is 24.2 Å². The van der Waals surface area contributed by atoms with Gasteiger partial charge in [0.1, 0.15) is 0 Å². The van der Waals surface area contributed by atoms with Crippen molar-refractivity contribution in [3.05, 3.63) is 78.6 Å². The van der Waals surface area contributed by atoms with Gasteiger partial charge in [0.05, 0.1) is 5.25 Å². The zero-order valence-corrected chi connectivity index (χ0v) is 18.7. The molecule has 0 aliphatic heterocycles. The third-order valence-corrected chi connectivity index (χ3v) is 5.57. The Morgan fingerprint density at radius 3 is 2.23 bits per heavy atom. The maximum atomic E-state index is 12.4. The molecule has 2 aromatic carbocycles. The number of hydrogen-bond acceptors (Lipinski definition) is 5. The highest BCUT2D eigenvalue weighted by atomic mass is 32.2. The molecule has 3 N–H and O–H groups in total. The number of aromatic nitrogens is 1. The van der Waals surface area contributed by atoms with Crippen LogP contribution in [-0.4, -0.2) is 27.0 Å². The second kappa shape index (κ2) is 10.7. The number of benzene rings is 2. The molecule has 1 unspecified atom stereocenters. The Bertz CT molecular complexity index is 1070. The Hall–Kier alpha value is -3.23. The number of nitrogens with zero attached hydrogens (tertiary/aromatic N) is 1. The molecule has 158 valence electrons. The zero-order chi connectivity index (χ0) is 22.2. The fourth-order valence-corrected chi connectivity index (χ4v) is 3.83. The van der Waals surface area contributed by atoms with Crippen molar-refractivity contribution in [2.24, 2.45) is 0 Å². The summed E-state index contributed by atoms with van der Waals surface area (Å²) in [7, 11) is 0. The van der Waals surface area contributed by atoms with Gasteiger partial charge in [-0.05, 0) is 80.7 Å². The number of carbonyl (C=O) groups excluding carboxylic acids is 2. The van der Waals surface area contributed by atoms with Gasteiger partial charge in [-0.1, -0.05) is 6.07 Å². The molecule has 1 atom stereocenters. The molecule has 0 fully saturated rings. The number of carbonyl (C=O) groups is 2. The molecule has 6 nitrogen and oxygen atoms in total. The topological polar surface area (TPSA) is 83.1 Å². The van der Waals surface area contributed by atoms with Crippen molar-refractivity contribution in [1.29, 1.82) is 0 Å². The van der Waals surface area contributed by atoms with Crippen LogP contribution in [0.4, 0.5) is 17.1 Å². The summed E-state index contributed by atoms with van der Waals surface area (Å²) in [6.45, 7) is 3.39. The SMILES string of the molecule is CC(=O)c1ccc(NC(=S)Nc2cccc(SC(C)C(=O)Nc3ccncc3)c2)cc1. The molecule has 0 saturated carbocycles. The first-order valence-corrected chi connectivity index (χ1v) is 10.9. The fourth-order valence-electron chi connectivity index (χ4n) is 2.67. The second-order valence-corrected chi connectivity index (χ2v) is 8.55. The lowest BCUT2D eigenvalue weighted by Gasteiger charge is -2.14. The Labute approximate surface area is 190 Å². The summed E-state index contributed by atoms with van der Waals surface area (Å²) < 4.78 is 0. The molecular weight excluding hydrogens is 428 g/mol. The monoisotopic (exact) mass is 450 g/mol. The molecule has 8 heteroatoms. The van der Waals surface area contributed by atoms with Crippen LogP contribution in [0.2, 0.25) is 0 Å². The fraction of sp³-hybridized carbons (Fsp3) is 0.130. The van der Waals surface area contributed by atoms with Gasteiger partial charge >= 0.3 is 0 Å². The molecule has 0 radical (unpaired) electrons. The lowest BCUT2D eigenvalue weighted by atomic mass is 10.1. The van der Waals surface area contributed by atoms with E-state index >= 15 is 0 Å². The molecule has 3 aromatic rings. The summed E-state index contributed by atoms with van der Waals surface area (Å²) >= 11 is 6.84. The lowest BCUT2D eigenvalue weighted by Crippen LogP contribution is -2.22. The quantitative estimate of drug-likeness (QED) is 0.259. The molecule has 3 rings (SSSR count). The predicted molar refractivity (Wildman–Crippen MR) is 131 cm³/mol. The van der Waals surface area contributed by atoms with Gasteiger partial charge in [-0.2, -0.15) is 0 Å². The minimum absolute atomic E-state index is 0.0188. The summed E-state index contributed by atoms with van der Waals surface area (Å²) in [5.74, 6) is -0.0639. The molecule has 0 aliphatic carbocycles. The second-order valence-electron chi connectivity index (χ2n) is 6.73. The van der Waals surface area contributed by atoms with Crippen LogP contribution in [0.25, 0.3) is 0 Å². The number of thioether (sulfide) groups is 1. The highest BCUT2D eigenvalue weighted by molar-refractivity contribution is 8.00. The van der Waals surface area contributed by atoms with Crippen LogP contribution in [0, 0.1) is 0 Å². The number of amides is 1. The molecule has 1 aromatic heterocycles. The van der Waals surface area contributed by atoms with Crippen molar-refractivity contribution < 1.29 is 9.59 Å². The summed E-state index contributed by atoms with van der Waals surface area (Å²) in [6, 6.07) is 18.3. The highest BCUT2D eigenvalue weighted by Gasteiger charge is 2.15. The number of hydrogen-bond donors (Lipinski definition) is 3. The first-order valence-electron chi connectivity index (χ1n) is 9.57. The van der Waals surface area contributed by atoms with Crippen LogP contribution in [0.3, 0.4) is 0 Å². The van der Waals surface area contributed by atoms with Crippen molar-refractivity contribution in [1.82, 2.24) is 4.98 Å². The highest BCUT2D eigenvalue weighted by Crippen LogP contribution is 2.26. The van der Waals surface area contributed by atoms with E-state index in [-0.39, 0.29) is 16.9 Å². The van der Waals surface area contributed by atoms with Gasteiger partial charge in [-0.3, -0.25) is 14.6 Å². The molecule has 0 saturated heterocycles. The van der Waals surface area contributed by atoms with Crippen LogP contribution in [-0.2, 0) is 4.79 Å². The zero-order valence-electron chi connectivity index (χ0n) is 17.1. The van der Waals surface area contributed by atoms with Gasteiger partial charge in [0.15, 0.2) is 10.9 Å². The molecule has 0 aliphatic rings. The third-order valence-electron chi connectivity index (χ3n) is 4.27. The van der Waals surface area contributed by atoms with Gasteiger partial charge in [-0.25, -0.2) is 0 Å². The first kappa shape index (κ1) is 22.5. The van der Waals surface area contributed by atoms with Crippen molar-refractivity contribution in [3.8, 4) is 0 Å². The van der Waals surface area contributed by atoms with Gasteiger partial charge in [0, 0.05) is 39.9 Å².